The molecule has 2 aromatic rings. The zero-order valence-corrected chi connectivity index (χ0v) is 17.4. The Kier molecular flexibility index (Phi) is 5.23. The first-order valence-corrected chi connectivity index (χ1v) is 10.7. The highest BCUT2D eigenvalue weighted by Gasteiger charge is 2.29. The molecule has 2 aliphatic rings. The number of rotatable bonds is 4. The SMILES string of the molecule is CC(C)(C)CC(=O)C1CCC(c2ccc3c(c2)C=C(c2cccnc2)C3)CC1. The second-order valence-corrected chi connectivity index (χ2v) is 9.80. The van der Waals surface area contributed by atoms with Gasteiger partial charge < -0.3 is 0 Å². The molecular weight excluding hydrogens is 342 g/mol. The van der Waals surface area contributed by atoms with Crippen LogP contribution in [-0.2, 0) is 11.2 Å². The fourth-order valence-electron chi connectivity index (χ4n) is 4.76. The first-order valence-electron chi connectivity index (χ1n) is 10.7. The summed E-state index contributed by atoms with van der Waals surface area (Å²) in [6, 6.07) is 11.2. The minimum Gasteiger partial charge on any atom is -0.299 e. The highest BCUT2D eigenvalue weighted by Crippen LogP contribution is 2.40. The lowest BCUT2D eigenvalue weighted by atomic mass is 9.74. The van der Waals surface area contributed by atoms with E-state index in [-0.39, 0.29) is 11.3 Å². The van der Waals surface area contributed by atoms with Crippen molar-refractivity contribution in [3.8, 4) is 0 Å². The Morgan fingerprint density at radius 1 is 1.11 bits per heavy atom. The second kappa shape index (κ2) is 7.66. The van der Waals surface area contributed by atoms with E-state index in [1.54, 1.807) is 0 Å². The molecule has 1 heterocycles. The Hall–Kier alpha value is -2.22. The Balaban J connectivity index is 1.42. The number of Topliss-reactive ketones (excluding diaryl/α,β-unsaturated/α-hetero) is 1. The molecule has 0 bridgehead atoms. The van der Waals surface area contributed by atoms with E-state index >= 15 is 0 Å². The summed E-state index contributed by atoms with van der Waals surface area (Å²) in [6.07, 6.45) is 12.2. The molecule has 1 saturated carbocycles. The predicted octanol–water partition coefficient (Wildman–Crippen LogP) is 6.46. The van der Waals surface area contributed by atoms with E-state index in [0.717, 1.165) is 32.1 Å². The maximum Gasteiger partial charge on any atom is 0.136 e. The third-order valence-corrected chi connectivity index (χ3v) is 6.27. The Morgan fingerprint density at radius 3 is 2.57 bits per heavy atom. The van der Waals surface area contributed by atoms with Crippen LogP contribution in [-0.4, -0.2) is 10.8 Å². The largest absolute Gasteiger partial charge is 0.299 e. The van der Waals surface area contributed by atoms with Gasteiger partial charge in [0.1, 0.15) is 5.78 Å². The molecule has 1 aromatic carbocycles. The number of nitrogens with zero attached hydrogens (tertiary/aromatic N) is 1. The van der Waals surface area contributed by atoms with Crippen LogP contribution in [0.15, 0.2) is 42.7 Å². The van der Waals surface area contributed by atoms with E-state index in [2.05, 4.69) is 56.1 Å². The molecule has 0 unspecified atom stereocenters. The lowest BCUT2D eigenvalue weighted by molar-refractivity contribution is -0.125. The molecule has 0 N–H and O–H groups in total. The van der Waals surface area contributed by atoms with Gasteiger partial charge in [0.05, 0.1) is 0 Å². The first-order chi connectivity index (χ1) is 13.4. The van der Waals surface area contributed by atoms with Crippen molar-refractivity contribution in [1.82, 2.24) is 4.98 Å². The van der Waals surface area contributed by atoms with E-state index in [9.17, 15) is 4.79 Å². The molecule has 0 saturated heterocycles. The van der Waals surface area contributed by atoms with Gasteiger partial charge in [-0.2, -0.15) is 0 Å². The fourth-order valence-corrected chi connectivity index (χ4v) is 4.76. The summed E-state index contributed by atoms with van der Waals surface area (Å²) in [5.41, 5.74) is 6.91. The zero-order chi connectivity index (χ0) is 19.7. The molecule has 1 aromatic heterocycles. The third-order valence-electron chi connectivity index (χ3n) is 6.27. The van der Waals surface area contributed by atoms with Crippen molar-refractivity contribution in [3.05, 3.63) is 65.0 Å². The van der Waals surface area contributed by atoms with Crippen LogP contribution in [0.4, 0.5) is 0 Å². The standard InChI is InChI=1S/C26H31NO/c1-26(2,3)16-25(28)19-8-6-18(7-9-19)20-10-11-21-14-24(15-23(21)13-20)22-5-4-12-27-17-22/h4-5,10-13,15,17-19H,6-9,14,16H2,1-3H3. The molecule has 0 amide bonds. The number of ketones is 1. The van der Waals surface area contributed by atoms with Gasteiger partial charge in [0.25, 0.3) is 0 Å². The molecule has 0 spiro atoms. The van der Waals surface area contributed by atoms with Crippen molar-refractivity contribution in [1.29, 1.82) is 0 Å². The lowest BCUT2D eigenvalue weighted by Gasteiger charge is -2.30. The molecule has 1 fully saturated rings. The van der Waals surface area contributed by atoms with Crippen LogP contribution in [0.2, 0.25) is 0 Å². The van der Waals surface area contributed by atoms with E-state index in [1.165, 1.54) is 27.8 Å². The molecule has 2 aliphatic carbocycles. The van der Waals surface area contributed by atoms with Crippen LogP contribution >= 0.6 is 0 Å². The summed E-state index contributed by atoms with van der Waals surface area (Å²) in [5.74, 6) is 1.35. The van der Waals surface area contributed by atoms with E-state index < -0.39 is 0 Å². The van der Waals surface area contributed by atoms with Crippen molar-refractivity contribution in [2.45, 2.75) is 65.2 Å². The summed E-state index contributed by atoms with van der Waals surface area (Å²) in [5, 5.41) is 0. The second-order valence-electron chi connectivity index (χ2n) is 9.80. The number of allylic oxidation sites excluding steroid dienone is 1. The molecule has 0 radical (unpaired) electrons. The number of carbonyl (C=O) groups excluding carboxylic acids is 1. The number of hydrogen-bond acceptors (Lipinski definition) is 2. The number of pyridine rings is 1. The third kappa shape index (κ3) is 4.27. The minimum absolute atomic E-state index is 0.103. The topological polar surface area (TPSA) is 30.0 Å². The zero-order valence-electron chi connectivity index (χ0n) is 17.4. The van der Waals surface area contributed by atoms with E-state index in [0.29, 0.717) is 18.1 Å². The Morgan fingerprint density at radius 2 is 1.89 bits per heavy atom. The maximum atomic E-state index is 12.6. The summed E-state index contributed by atoms with van der Waals surface area (Å²) >= 11 is 0. The van der Waals surface area contributed by atoms with Gasteiger partial charge in [0.15, 0.2) is 0 Å². The molecule has 4 rings (SSSR count). The number of benzene rings is 1. The summed E-state index contributed by atoms with van der Waals surface area (Å²) in [7, 11) is 0. The smallest absolute Gasteiger partial charge is 0.136 e. The van der Waals surface area contributed by atoms with Crippen LogP contribution < -0.4 is 0 Å². The molecule has 28 heavy (non-hydrogen) atoms. The van der Waals surface area contributed by atoms with Gasteiger partial charge in [0, 0.05) is 24.7 Å². The van der Waals surface area contributed by atoms with Crippen LogP contribution in [0.25, 0.3) is 11.6 Å². The maximum absolute atomic E-state index is 12.6. The molecule has 0 aliphatic heterocycles. The number of aromatic nitrogens is 1. The fraction of sp³-hybridized carbons (Fsp3) is 0.462. The molecule has 0 atom stereocenters. The van der Waals surface area contributed by atoms with Crippen molar-refractivity contribution in [3.63, 3.8) is 0 Å². The Labute approximate surface area is 169 Å². The normalized spacial score (nSPS) is 21.9. The lowest BCUT2D eigenvalue weighted by Crippen LogP contribution is -2.24. The first kappa shape index (κ1) is 19.1. The molecule has 2 heteroatoms. The van der Waals surface area contributed by atoms with E-state index in [1.807, 2.05) is 18.5 Å². The van der Waals surface area contributed by atoms with Crippen LogP contribution in [0, 0.1) is 11.3 Å². The van der Waals surface area contributed by atoms with Crippen LogP contribution in [0.1, 0.15) is 81.0 Å². The molecule has 2 nitrogen and oxygen atoms in total. The van der Waals surface area contributed by atoms with Crippen molar-refractivity contribution in [2.24, 2.45) is 11.3 Å². The predicted molar refractivity (Wildman–Crippen MR) is 116 cm³/mol. The van der Waals surface area contributed by atoms with E-state index in [4.69, 9.17) is 0 Å². The van der Waals surface area contributed by atoms with Crippen LogP contribution in [0.5, 0.6) is 0 Å². The van der Waals surface area contributed by atoms with Crippen molar-refractivity contribution in [2.75, 3.05) is 0 Å². The molecular formula is C26H31NO. The average Bonchev–Trinajstić information content (AvgIpc) is 3.11. The summed E-state index contributed by atoms with van der Waals surface area (Å²) < 4.78 is 0. The van der Waals surface area contributed by atoms with Gasteiger partial charge in [0.2, 0.25) is 0 Å². The Bertz CT molecular complexity index is 880. The quantitative estimate of drug-likeness (QED) is 0.616. The van der Waals surface area contributed by atoms with Gasteiger partial charge >= 0.3 is 0 Å². The van der Waals surface area contributed by atoms with Crippen molar-refractivity contribution < 1.29 is 4.79 Å². The highest BCUT2D eigenvalue weighted by molar-refractivity contribution is 5.88. The van der Waals surface area contributed by atoms with Crippen LogP contribution in [0.3, 0.4) is 0 Å². The summed E-state index contributed by atoms with van der Waals surface area (Å²) in [6.45, 7) is 6.48. The van der Waals surface area contributed by atoms with Crippen molar-refractivity contribution >= 4 is 17.4 Å². The monoisotopic (exact) mass is 373 g/mol. The average molecular weight is 374 g/mol. The van der Waals surface area contributed by atoms with Gasteiger partial charge in [-0.05, 0) is 77.3 Å². The van der Waals surface area contributed by atoms with Gasteiger partial charge in [-0.25, -0.2) is 0 Å². The number of fused-ring (bicyclic) bond motifs is 1. The number of carbonyl (C=O) groups is 1. The van der Waals surface area contributed by atoms with Gasteiger partial charge in [-0.15, -0.1) is 0 Å². The summed E-state index contributed by atoms with van der Waals surface area (Å²) in [4.78, 5) is 16.8. The van der Waals surface area contributed by atoms with Gasteiger partial charge in [-0.3, -0.25) is 9.78 Å². The number of hydrogen-bond donors (Lipinski definition) is 0. The highest BCUT2D eigenvalue weighted by atomic mass is 16.1. The van der Waals surface area contributed by atoms with Gasteiger partial charge in [-0.1, -0.05) is 51.1 Å². The minimum atomic E-state index is 0.103. The molecule has 146 valence electrons.